The lowest BCUT2D eigenvalue weighted by molar-refractivity contribution is 0.0524. The molecular weight excluding hydrogens is 630 g/mol. The minimum absolute atomic E-state index is 0.177. The second-order valence-electron chi connectivity index (χ2n) is 13.9. The molecule has 2 aromatic carbocycles. The van der Waals surface area contributed by atoms with Crippen LogP contribution in [-0.2, 0) is 26.2 Å². The summed E-state index contributed by atoms with van der Waals surface area (Å²) in [6.07, 6.45) is 10.1. The molecule has 0 saturated heterocycles. The van der Waals surface area contributed by atoms with E-state index in [4.69, 9.17) is 23.7 Å². The smallest absolute Gasteiger partial charge is 0.407 e. The highest BCUT2D eigenvalue weighted by Gasteiger charge is 2.23. The molecule has 0 radical (unpaired) electrons. The van der Waals surface area contributed by atoms with Gasteiger partial charge in [0.1, 0.15) is 23.7 Å². The molecule has 3 aromatic rings. The summed E-state index contributed by atoms with van der Waals surface area (Å²) in [7, 11) is 0. The van der Waals surface area contributed by atoms with E-state index < -0.39 is 5.60 Å². The molecule has 0 spiro atoms. The van der Waals surface area contributed by atoms with Crippen LogP contribution >= 0.6 is 0 Å². The summed E-state index contributed by atoms with van der Waals surface area (Å²) in [6, 6.07) is 18.5. The van der Waals surface area contributed by atoms with Crippen LogP contribution in [0.15, 0.2) is 67.4 Å². The Hall–Kier alpha value is -4.11. The third-order valence-electron chi connectivity index (χ3n) is 8.16. The highest BCUT2D eigenvalue weighted by atomic mass is 16.6. The number of hydrogen-bond acceptors (Lipinski definition) is 8. The number of ether oxygens (including phenoxy) is 5. The number of hydrogen-bond donors (Lipinski definition) is 1. The van der Waals surface area contributed by atoms with Crippen LogP contribution in [0, 0.1) is 0 Å². The van der Waals surface area contributed by atoms with Gasteiger partial charge in [0, 0.05) is 31.4 Å². The molecule has 0 bridgehead atoms. The molecule has 3 rings (SSSR count). The molecule has 1 aromatic heterocycles. The number of rotatable bonds is 23. The van der Waals surface area contributed by atoms with Gasteiger partial charge in [0.25, 0.3) is 0 Å². The second kappa shape index (κ2) is 21.2. The van der Waals surface area contributed by atoms with Crippen molar-refractivity contribution >= 4 is 11.9 Å². The number of nitrogens with zero attached hydrogens (tertiary/aromatic N) is 2. The average Bonchev–Trinajstić information content (AvgIpc) is 3.09. The minimum atomic E-state index is -0.463. The van der Waals surface area contributed by atoms with Crippen LogP contribution in [0.3, 0.4) is 0 Å². The Kier molecular flexibility index (Phi) is 17.1. The van der Waals surface area contributed by atoms with Crippen molar-refractivity contribution in [2.75, 3.05) is 33.0 Å². The number of nitrogens with one attached hydrogen (secondary N) is 1. The lowest BCUT2D eigenvalue weighted by Gasteiger charge is -2.26. The predicted molar refractivity (Wildman–Crippen MR) is 200 cm³/mol. The second-order valence-corrected chi connectivity index (χ2v) is 13.9. The molecule has 0 saturated carbocycles. The van der Waals surface area contributed by atoms with Crippen LogP contribution in [-0.4, -0.2) is 54.6 Å². The molecule has 1 heterocycles. The van der Waals surface area contributed by atoms with E-state index in [0.29, 0.717) is 31.3 Å². The largest absolute Gasteiger partial charge is 0.494 e. The maximum absolute atomic E-state index is 11.6. The molecule has 0 fully saturated rings. The van der Waals surface area contributed by atoms with Crippen molar-refractivity contribution in [1.29, 1.82) is 0 Å². The monoisotopic (exact) mass is 689 g/mol. The first kappa shape index (κ1) is 40.3. The van der Waals surface area contributed by atoms with Crippen LogP contribution in [0.25, 0.3) is 5.76 Å². The molecule has 0 aliphatic rings. The molecule has 0 aliphatic heterocycles. The summed E-state index contributed by atoms with van der Waals surface area (Å²) in [4.78, 5) is 20.3. The zero-order valence-electron chi connectivity index (χ0n) is 31.2. The number of alkyl carbamates (subject to hydrolysis) is 1. The number of unbranched alkanes of at least 4 members (excludes halogenated alkanes) is 6. The Morgan fingerprint density at radius 3 is 1.90 bits per heavy atom. The van der Waals surface area contributed by atoms with E-state index in [9.17, 15) is 4.79 Å². The maximum atomic E-state index is 11.6. The van der Waals surface area contributed by atoms with Crippen molar-refractivity contribution in [1.82, 2.24) is 15.3 Å². The fraction of sp³-hybridized carbons (Fsp3) is 0.537. The Balaban J connectivity index is 1.25. The zero-order valence-corrected chi connectivity index (χ0v) is 31.2. The van der Waals surface area contributed by atoms with E-state index in [1.165, 1.54) is 36.8 Å². The van der Waals surface area contributed by atoms with Gasteiger partial charge in [-0.2, -0.15) is 0 Å². The van der Waals surface area contributed by atoms with Crippen molar-refractivity contribution in [3.63, 3.8) is 0 Å². The van der Waals surface area contributed by atoms with Crippen molar-refractivity contribution in [2.45, 2.75) is 111 Å². The predicted octanol–water partition coefficient (Wildman–Crippen LogP) is 9.43. The fourth-order valence-electron chi connectivity index (χ4n) is 5.25. The van der Waals surface area contributed by atoms with E-state index >= 15 is 0 Å². The summed E-state index contributed by atoms with van der Waals surface area (Å²) in [5.41, 5.74) is 2.55. The molecule has 1 N–H and O–H groups in total. The van der Waals surface area contributed by atoms with Crippen molar-refractivity contribution in [3.8, 4) is 11.5 Å². The number of carbonyl (C=O) groups excluding carboxylic acids is 1. The van der Waals surface area contributed by atoms with Crippen molar-refractivity contribution in [3.05, 3.63) is 90.0 Å². The molecule has 0 atom stereocenters. The Bertz CT molecular complexity index is 1420. The summed E-state index contributed by atoms with van der Waals surface area (Å²) in [5, 5.41) is 2.78. The molecule has 274 valence electrons. The topological polar surface area (TPSA) is 101 Å². The molecule has 0 aliphatic carbocycles. The third-order valence-corrected chi connectivity index (χ3v) is 8.16. The van der Waals surface area contributed by atoms with Crippen LogP contribution in [0.2, 0.25) is 0 Å². The van der Waals surface area contributed by atoms with Crippen LogP contribution in [0.5, 0.6) is 11.5 Å². The van der Waals surface area contributed by atoms with Gasteiger partial charge in [-0.05, 0) is 94.8 Å². The minimum Gasteiger partial charge on any atom is -0.494 e. The SMILES string of the molecule is C=C(OCC)c1nccc(COc2ccc(C(C)(C)c3ccc(OCCCCCCCCOCCCCNC(=O)OC(C)(C)C)cc3)cc2)n1. The molecule has 9 nitrogen and oxygen atoms in total. The molecule has 9 heteroatoms. The van der Waals surface area contributed by atoms with Crippen LogP contribution < -0.4 is 14.8 Å². The average molecular weight is 690 g/mol. The first-order valence-electron chi connectivity index (χ1n) is 18.1. The van der Waals surface area contributed by atoms with E-state index in [1.807, 2.05) is 45.9 Å². The Morgan fingerprint density at radius 2 is 1.30 bits per heavy atom. The Labute approximate surface area is 300 Å². The maximum Gasteiger partial charge on any atom is 0.407 e. The molecule has 1 amide bonds. The van der Waals surface area contributed by atoms with Gasteiger partial charge in [0.15, 0.2) is 11.6 Å². The highest BCUT2D eigenvalue weighted by Crippen LogP contribution is 2.33. The first-order valence-corrected chi connectivity index (χ1v) is 18.1. The van der Waals surface area contributed by atoms with Gasteiger partial charge in [-0.3, -0.25) is 0 Å². The van der Waals surface area contributed by atoms with Gasteiger partial charge < -0.3 is 29.0 Å². The van der Waals surface area contributed by atoms with Crippen molar-refractivity contribution < 1.29 is 28.5 Å². The van der Waals surface area contributed by atoms with Crippen molar-refractivity contribution in [2.24, 2.45) is 0 Å². The summed E-state index contributed by atoms with van der Waals surface area (Å²) in [5.74, 6) is 2.62. The van der Waals surface area contributed by atoms with Gasteiger partial charge in [0.2, 0.25) is 0 Å². The molecular formula is C41H59N3O6. The number of carbonyl (C=O) groups is 1. The first-order chi connectivity index (χ1) is 24.0. The van der Waals surface area contributed by atoms with Gasteiger partial charge in [-0.1, -0.05) is 70.4 Å². The van der Waals surface area contributed by atoms with Crippen LogP contribution in [0.1, 0.15) is 116 Å². The van der Waals surface area contributed by atoms with Gasteiger partial charge in [-0.15, -0.1) is 0 Å². The lowest BCUT2D eigenvalue weighted by atomic mass is 9.78. The molecule has 50 heavy (non-hydrogen) atoms. The fourth-order valence-corrected chi connectivity index (χ4v) is 5.25. The third kappa shape index (κ3) is 15.2. The summed E-state index contributed by atoms with van der Waals surface area (Å²) >= 11 is 0. The van der Waals surface area contributed by atoms with Gasteiger partial charge in [-0.25, -0.2) is 14.8 Å². The van der Waals surface area contributed by atoms with Gasteiger partial charge in [0.05, 0.1) is 18.9 Å². The van der Waals surface area contributed by atoms with E-state index in [-0.39, 0.29) is 11.5 Å². The molecule has 0 unspecified atom stereocenters. The van der Waals surface area contributed by atoms with Gasteiger partial charge >= 0.3 is 6.09 Å². The van der Waals surface area contributed by atoms with E-state index in [2.05, 4.69) is 72.1 Å². The Morgan fingerprint density at radius 1 is 0.740 bits per heavy atom. The summed E-state index contributed by atoms with van der Waals surface area (Å²) < 4.78 is 28.4. The van der Waals surface area contributed by atoms with E-state index in [1.54, 1.807) is 6.20 Å². The number of aromatic nitrogens is 2. The quantitative estimate of drug-likeness (QED) is 0.0777. The normalized spacial score (nSPS) is 11.6. The number of amides is 1. The number of benzene rings is 2. The van der Waals surface area contributed by atoms with E-state index in [0.717, 1.165) is 62.7 Å². The van der Waals surface area contributed by atoms with Crippen LogP contribution in [0.4, 0.5) is 4.79 Å². The lowest BCUT2D eigenvalue weighted by Crippen LogP contribution is -2.33. The standard InChI is InChI=1S/C41H59N3O6/c1-8-47-32(2)38-42-27-25-35(44-38)31-49-37-23-19-34(20-24-37)41(6,7)33-17-21-36(22-18-33)48-30-15-12-10-9-11-14-28-46-29-16-13-26-43-39(45)50-40(3,4)5/h17-25,27H,2,8-16,26,28-31H2,1,3-7H3,(H,43,45). The summed E-state index contributed by atoms with van der Waals surface area (Å²) in [6.45, 7) is 19.5. The zero-order chi connectivity index (χ0) is 36.2. The highest BCUT2D eigenvalue weighted by molar-refractivity contribution is 5.67.